The summed E-state index contributed by atoms with van der Waals surface area (Å²) >= 11 is 0. The molecule has 0 saturated carbocycles. The van der Waals surface area contributed by atoms with E-state index in [2.05, 4.69) is 4.98 Å². The smallest absolute Gasteiger partial charge is 0.420 e. The summed E-state index contributed by atoms with van der Waals surface area (Å²) in [4.78, 5) is 51.4. The van der Waals surface area contributed by atoms with Gasteiger partial charge in [0.2, 0.25) is 5.78 Å². The maximum absolute atomic E-state index is 13.2. The van der Waals surface area contributed by atoms with Crippen LogP contribution in [-0.2, 0) is 16.1 Å². The average Bonchev–Trinajstić information content (AvgIpc) is 3.40. The van der Waals surface area contributed by atoms with Crippen LogP contribution in [0.2, 0.25) is 0 Å². The second kappa shape index (κ2) is 8.75. The van der Waals surface area contributed by atoms with E-state index in [1.165, 1.54) is 12.1 Å². The van der Waals surface area contributed by atoms with Gasteiger partial charge in [0.1, 0.15) is 6.54 Å². The van der Waals surface area contributed by atoms with Crippen molar-refractivity contribution in [3.8, 4) is 11.3 Å². The third-order valence-corrected chi connectivity index (χ3v) is 5.56. The average molecular weight is 471 g/mol. The largest absolute Gasteiger partial charge is 0.456 e. The summed E-state index contributed by atoms with van der Waals surface area (Å²) in [6.07, 6.45) is 0. The number of nitro groups is 1. The van der Waals surface area contributed by atoms with Gasteiger partial charge < -0.3 is 14.1 Å². The number of nitro benzene ring substituents is 1. The number of H-pyrrole nitrogens is 1. The molecule has 3 aromatic carbocycles. The number of oxazole rings is 1. The lowest BCUT2D eigenvalue weighted by molar-refractivity contribution is -0.384. The number of para-hydroxylation sites is 1. The first-order valence-electron chi connectivity index (χ1n) is 10.5. The van der Waals surface area contributed by atoms with Crippen molar-refractivity contribution in [3.05, 3.63) is 99.0 Å². The number of aromatic amines is 1. The Morgan fingerprint density at radius 2 is 1.77 bits per heavy atom. The minimum Gasteiger partial charge on any atom is -0.456 e. The number of benzene rings is 3. The van der Waals surface area contributed by atoms with Gasteiger partial charge in [-0.15, -0.1) is 0 Å². The van der Waals surface area contributed by atoms with Gasteiger partial charge in [-0.3, -0.25) is 24.3 Å². The van der Waals surface area contributed by atoms with Crippen molar-refractivity contribution in [3.63, 3.8) is 0 Å². The molecule has 0 fully saturated rings. The number of nitrogens with one attached hydrogen (secondary N) is 1. The first-order valence-corrected chi connectivity index (χ1v) is 10.5. The number of hydrogen-bond donors (Lipinski definition) is 1. The maximum atomic E-state index is 13.2. The van der Waals surface area contributed by atoms with Gasteiger partial charge in [0.05, 0.1) is 27.8 Å². The van der Waals surface area contributed by atoms with Gasteiger partial charge in [-0.2, -0.15) is 0 Å². The molecule has 0 unspecified atom stereocenters. The number of carbonyl (C=O) groups is 2. The number of fused-ring (bicyclic) bond motifs is 2. The molecule has 35 heavy (non-hydrogen) atoms. The fourth-order valence-electron chi connectivity index (χ4n) is 3.96. The fourth-order valence-corrected chi connectivity index (χ4v) is 3.96. The summed E-state index contributed by atoms with van der Waals surface area (Å²) in [6, 6.07) is 20.3. The van der Waals surface area contributed by atoms with E-state index in [0.29, 0.717) is 16.6 Å². The zero-order valence-corrected chi connectivity index (χ0v) is 18.1. The van der Waals surface area contributed by atoms with E-state index in [1.54, 1.807) is 0 Å². The van der Waals surface area contributed by atoms with Crippen LogP contribution in [0.25, 0.3) is 33.3 Å². The van der Waals surface area contributed by atoms with Crippen LogP contribution < -0.4 is 5.76 Å². The molecule has 0 bridgehead atoms. The number of nitrogens with zero attached hydrogens (tertiary/aromatic N) is 2. The Morgan fingerprint density at radius 1 is 1.03 bits per heavy atom. The SMILES string of the molecule is O=C(Cn1c(=O)oc2cc([N+](=O)[O-])ccc21)OCC(=O)c1c(-c2ccccc2)[nH]c2ccccc12. The molecule has 0 atom stereocenters. The number of non-ortho nitro benzene ring substituents is 1. The van der Waals surface area contributed by atoms with Gasteiger partial charge in [-0.25, -0.2) is 4.79 Å². The number of esters is 1. The maximum Gasteiger partial charge on any atom is 0.420 e. The highest BCUT2D eigenvalue weighted by atomic mass is 16.6. The van der Waals surface area contributed by atoms with Crippen molar-refractivity contribution in [2.24, 2.45) is 0 Å². The quantitative estimate of drug-likeness (QED) is 0.163. The highest BCUT2D eigenvalue weighted by Crippen LogP contribution is 2.30. The summed E-state index contributed by atoms with van der Waals surface area (Å²) in [5.41, 5.74) is 2.52. The standard InChI is InChI=1S/C25H17N3O7/c29-20(23-17-8-4-5-9-18(17)26-24(23)15-6-2-1-3-7-15)14-34-22(30)13-27-19-11-10-16(28(32)33)12-21(19)35-25(27)31/h1-12,26H,13-14H2. The lowest BCUT2D eigenvalue weighted by Crippen LogP contribution is -2.23. The molecule has 10 nitrogen and oxygen atoms in total. The number of Topliss-reactive ketones (excluding diaryl/α,β-unsaturated/α-hetero) is 1. The molecule has 0 radical (unpaired) electrons. The van der Waals surface area contributed by atoms with Crippen molar-refractivity contribution >= 4 is 39.4 Å². The molecule has 0 aliphatic carbocycles. The molecule has 2 aromatic heterocycles. The molecule has 10 heteroatoms. The van der Waals surface area contributed by atoms with Crippen molar-refractivity contribution in [2.75, 3.05) is 6.61 Å². The van der Waals surface area contributed by atoms with Crippen LogP contribution in [0.5, 0.6) is 0 Å². The van der Waals surface area contributed by atoms with Crippen LogP contribution in [-0.4, -0.2) is 32.8 Å². The lowest BCUT2D eigenvalue weighted by Gasteiger charge is -2.07. The van der Waals surface area contributed by atoms with Crippen LogP contribution in [0.4, 0.5) is 5.69 Å². The molecule has 174 valence electrons. The highest BCUT2D eigenvalue weighted by molar-refractivity contribution is 6.14. The topological polar surface area (TPSA) is 137 Å². The number of ether oxygens (including phenoxy) is 1. The number of rotatable bonds is 7. The van der Waals surface area contributed by atoms with Crippen LogP contribution >= 0.6 is 0 Å². The molecule has 0 saturated heterocycles. The van der Waals surface area contributed by atoms with Crippen molar-refractivity contribution in [1.29, 1.82) is 0 Å². The Morgan fingerprint density at radius 3 is 2.54 bits per heavy atom. The van der Waals surface area contributed by atoms with Crippen LogP contribution in [0.3, 0.4) is 0 Å². The highest BCUT2D eigenvalue weighted by Gasteiger charge is 2.22. The first-order chi connectivity index (χ1) is 16.9. The van der Waals surface area contributed by atoms with Crippen LogP contribution in [0, 0.1) is 10.1 Å². The van der Waals surface area contributed by atoms with Crippen molar-refractivity contribution in [2.45, 2.75) is 6.54 Å². The van der Waals surface area contributed by atoms with Gasteiger partial charge >= 0.3 is 11.7 Å². The van der Waals surface area contributed by atoms with Gasteiger partial charge in [0.15, 0.2) is 12.2 Å². The zero-order chi connectivity index (χ0) is 24.5. The number of hydrogen-bond acceptors (Lipinski definition) is 7. The normalized spacial score (nSPS) is 11.1. The molecule has 2 heterocycles. The van der Waals surface area contributed by atoms with Crippen molar-refractivity contribution in [1.82, 2.24) is 9.55 Å². The van der Waals surface area contributed by atoms with E-state index < -0.39 is 35.6 Å². The monoisotopic (exact) mass is 471 g/mol. The van der Waals surface area contributed by atoms with Crippen LogP contribution in [0.1, 0.15) is 10.4 Å². The summed E-state index contributed by atoms with van der Waals surface area (Å²) in [7, 11) is 0. The van der Waals surface area contributed by atoms with Gasteiger partial charge in [0, 0.05) is 17.0 Å². The molecule has 1 N–H and O–H groups in total. The minimum atomic E-state index is -0.869. The number of aromatic nitrogens is 2. The Kier molecular flexibility index (Phi) is 5.46. The fraction of sp³-hybridized carbons (Fsp3) is 0.0800. The molecular weight excluding hydrogens is 454 g/mol. The molecule has 5 rings (SSSR count). The summed E-state index contributed by atoms with van der Waals surface area (Å²) in [6.45, 7) is -1.05. The van der Waals surface area contributed by atoms with Gasteiger partial charge in [-0.1, -0.05) is 48.5 Å². The second-order valence-corrected chi connectivity index (χ2v) is 7.73. The number of ketones is 1. The van der Waals surface area contributed by atoms with E-state index in [-0.39, 0.29) is 16.8 Å². The predicted octanol–water partition coefficient (Wildman–Crippen LogP) is 4.08. The lowest BCUT2D eigenvalue weighted by atomic mass is 10.0. The van der Waals surface area contributed by atoms with E-state index in [0.717, 1.165) is 21.7 Å². The Labute approximate surface area is 196 Å². The third kappa shape index (κ3) is 4.08. The number of carbonyl (C=O) groups excluding carboxylic acids is 2. The zero-order valence-electron chi connectivity index (χ0n) is 18.1. The Balaban J connectivity index is 1.37. The molecule has 5 aromatic rings. The van der Waals surface area contributed by atoms with E-state index in [1.807, 2.05) is 54.6 Å². The van der Waals surface area contributed by atoms with Gasteiger partial charge in [0.25, 0.3) is 5.69 Å². The third-order valence-electron chi connectivity index (χ3n) is 5.56. The minimum absolute atomic E-state index is 0.0284. The van der Waals surface area contributed by atoms with E-state index >= 15 is 0 Å². The second-order valence-electron chi connectivity index (χ2n) is 7.73. The summed E-state index contributed by atoms with van der Waals surface area (Å²) in [5, 5.41) is 11.6. The van der Waals surface area contributed by atoms with E-state index in [4.69, 9.17) is 9.15 Å². The summed E-state index contributed by atoms with van der Waals surface area (Å²) < 4.78 is 11.2. The Bertz CT molecular complexity index is 1660. The summed E-state index contributed by atoms with van der Waals surface area (Å²) in [5.74, 6) is -2.11. The molecule has 0 amide bonds. The predicted molar refractivity (Wildman–Crippen MR) is 126 cm³/mol. The molecule has 0 aliphatic rings. The van der Waals surface area contributed by atoms with Crippen LogP contribution in [0.15, 0.2) is 82.0 Å². The molecular formula is C25H17N3O7. The van der Waals surface area contributed by atoms with Gasteiger partial charge in [-0.05, 0) is 17.7 Å². The molecule has 0 spiro atoms. The molecule has 0 aliphatic heterocycles. The van der Waals surface area contributed by atoms with E-state index in [9.17, 15) is 24.5 Å². The Hall–Kier alpha value is -4.99. The van der Waals surface area contributed by atoms with Crippen molar-refractivity contribution < 1.29 is 23.7 Å². The first kappa shape index (κ1) is 21.8.